The Morgan fingerprint density at radius 2 is 2.56 bits per heavy atom. The molecule has 0 radical (unpaired) electrons. The normalized spacial score (nSPS) is 25.8. The molecule has 0 N–H and O–H groups in total. The zero-order valence-corrected chi connectivity index (χ0v) is 5.52. The number of carbonyl (C=O) groups is 2. The van der Waals surface area contributed by atoms with E-state index in [4.69, 9.17) is 0 Å². The van der Waals surface area contributed by atoms with Crippen molar-refractivity contribution >= 4 is 23.3 Å². The molecule has 1 fully saturated rings. The number of carbonyl (C=O) groups excluding carboxylic acids is 2. The number of thioether (sulfide) groups is 1. The van der Waals surface area contributed by atoms with E-state index in [9.17, 15) is 9.59 Å². The highest BCUT2D eigenvalue weighted by Crippen LogP contribution is 2.18. The van der Waals surface area contributed by atoms with Crippen LogP contribution in [0.1, 0.15) is 6.42 Å². The van der Waals surface area contributed by atoms with Crippen molar-refractivity contribution in [3.63, 3.8) is 0 Å². The Labute approximate surface area is 56.8 Å². The molecule has 1 heterocycles. The minimum Gasteiger partial charge on any atom is -0.465 e. The smallest absolute Gasteiger partial charge is 0.319 e. The van der Waals surface area contributed by atoms with Gasteiger partial charge in [-0.25, -0.2) is 0 Å². The number of cyclic esters (lactones) is 1. The minimum absolute atomic E-state index is 0.234. The summed E-state index contributed by atoms with van der Waals surface area (Å²) < 4.78 is 4.60. The van der Waals surface area contributed by atoms with Gasteiger partial charge in [-0.2, -0.15) is 0 Å². The first-order valence-electron chi connectivity index (χ1n) is 2.60. The lowest BCUT2D eigenvalue weighted by Crippen LogP contribution is -2.08. The molecule has 1 aliphatic rings. The third kappa shape index (κ3) is 1.45. The molecule has 1 atom stereocenters. The van der Waals surface area contributed by atoms with Gasteiger partial charge in [-0.05, 0) is 0 Å². The summed E-state index contributed by atoms with van der Waals surface area (Å²) in [6.07, 6.45) is 0.669. The molecule has 0 unspecified atom stereocenters. The van der Waals surface area contributed by atoms with Crippen LogP contribution in [0.3, 0.4) is 0 Å². The maximum absolute atomic E-state index is 10.6. The van der Waals surface area contributed by atoms with Gasteiger partial charge in [-0.3, -0.25) is 9.59 Å². The van der Waals surface area contributed by atoms with E-state index < -0.39 is 0 Å². The number of hydrogen-bond donors (Lipinski definition) is 0. The zero-order chi connectivity index (χ0) is 6.69. The second-order valence-corrected chi connectivity index (χ2v) is 2.71. The topological polar surface area (TPSA) is 43.4 Å². The van der Waals surface area contributed by atoms with Crippen LogP contribution >= 0.6 is 11.8 Å². The molecule has 0 aromatic rings. The summed E-state index contributed by atoms with van der Waals surface area (Å²) in [6.45, 7) is 0.463. The summed E-state index contributed by atoms with van der Waals surface area (Å²) in [5.41, 5.74) is 0.678. The van der Waals surface area contributed by atoms with E-state index in [1.54, 1.807) is 0 Å². The standard InChI is InChI=1S/C5H6O3S/c6-3-9-4-1-2-8-5(4)7/h3-4H,1-2H2/t4-/m0/s1. The summed E-state index contributed by atoms with van der Waals surface area (Å²) in [7, 11) is 0. The van der Waals surface area contributed by atoms with E-state index in [1.807, 2.05) is 0 Å². The van der Waals surface area contributed by atoms with Gasteiger partial charge in [-0.15, -0.1) is 0 Å². The average Bonchev–Trinajstić information content (AvgIpc) is 2.18. The molecule has 50 valence electrons. The molecule has 9 heavy (non-hydrogen) atoms. The fourth-order valence-electron chi connectivity index (χ4n) is 0.668. The van der Waals surface area contributed by atoms with Gasteiger partial charge in [-0.1, -0.05) is 11.8 Å². The van der Waals surface area contributed by atoms with Crippen LogP contribution in [0.25, 0.3) is 0 Å². The Bertz CT molecular complexity index is 134. The highest BCUT2D eigenvalue weighted by Gasteiger charge is 2.26. The van der Waals surface area contributed by atoms with E-state index in [0.717, 1.165) is 11.8 Å². The maximum Gasteiger partial charge on any atom is 0.319 e. The molecular weight excluding hydrogens is 140 g/mol. The molecule has 1 aliphatic heterocycles. The molecule has 1 saturated heterocycles. The predicted molar refractivity (Wildman–Crippen MR) is 33.7 cm³/mol. The van der Waals surface area contributed by atoms with Crippen LogP contribution in [0.2, 0.25) is 0 Å². The monoisotopic (exact) mass is 146 g/mol. The van der Waals surface area contributed by atoms with Crippen molar-refractivity contribution in [2.24, 2.45) is 0 Å². The van der Waals surface area contributed by atoms with Gasteiger partial charge in [0, 0.05) is 6.42 Å². The lowest BCUT2D eigenvalue weighted by Gasteiger charge is -1.94. The quantitative estimate of drug-likeness (QED) is 0.413. The van der Waals surface area contributed by atoms with Crippen LogP contribution in [0, 0.1) is 0 Å². The predicted octanol–water partition coefficient (Wildman–Crippen LogP) is 0.225. The Balaban J connectivity index is 2.39. The largest absolute Gasteiger partial charge is 0.465 e. The summed E-state index contributed by atoms with van der Waals surface area (Å²) >= 11 is 0.992. The minimum atomic E-state index is -0.257. The Kier molecular flexibility index (Phi) is 2.10. The van der Waals surface area contributed by atoms with Gasteiger partial charge >= 0.3 is 5.97 Å². The average molecular weight is 146 g/mol. The first-order chi connectivity index (χ1) is 4.34. The summed E-state index contributed by atoms with van der Waals surface area (Å²) in [6, 6.07) is 0. The van der Waals surface area contributed by atoms with E-state index >= 15 is 0 Å². The Hall–Kier alpha value is -0.510. The Morgan fingerprint density at radius 1 is 1.78 bits per heavy atom. The first-order valence-corrected chi connectivity index (χ1v) is 3.54. The fraction of sp³-hybridized carbons (Fsp3) is 0.600. The lowest BCUT2D eigenvalue weighted by atomic mass is 10.4. The second-order valence-electron chi connectivity index (χ2n) is 1.68. The van der Waals surface area contributed by atoms with E-state index in [2.05, 4.69) is 4.74 Å². The molecule has 0 aromatic carbocycles. The zero-order valence-electron chi connectivity index (χ0n) is 4.70. The van der Waals surface area contributed by atoms with Crippen molar-refractivity contribution in [1.82, 2.24) is 0 Å². The van der Waals surface area contributed by atoms with Crippen molar-refractivity contribution in [3.8, 4) is 0 Å². The molecular formula is C5H6O3S. The molecule has 0 bridgehead atoms. The highest BCUT2D eigenvalue weighted by molar-refractivity contribution is 8.13. The van der Waals surface area contributed by atoms with Crippen molar-refractivity contribution in [1.29, 1.82) is 0 Å². The molecule has 0 aromatic heterocycles. The van der Waals surface area contributed by atoms with Crippen molar-refractivity contribution in [2.45, 2.75) is 11.7 Å². The van der Waals surface area contributed by atoms with E-state index in [1.165, 1.54) is 0 Å². The van der Waals surface area contributed by atoms with Gasteiger partial charge in [0.15, 0.2) is 5.62 Å². The summed E-state index contributed by atoms with van der Waals surface area (Å²) in [5, 5.41) is -0.234. The van der Waals surface area contributed by atoms with Crippen LogP contribution in [0.5, 0.6) is 0 Å². The van der Waals surface area contributed by atoms with Crippen molar-refractivity contribution in [3.05, 3.63) is 0 Å². The van der Waals surface area contributed by atoms with Crippen LogP contribution < -0.4 is 0 Å². The number of rotatable bonds is 2. The molecule has 4 heteroatoms. The summed E-state index contributed by atoms with van der Waals surface area (Å²) in [5.74, 6) is -0.257. The maximum atomic E-state index is 10.6. The van der Waals surface area contributed by atoms with Crippen molar-refractivity contribution in [2.75, 3.05) is 6.61 Å². The van der Waals surface area contributed by atoms with Gasteiger partial charge in [0.2, 0.25) is 0 Å². The SMILES string of the molecule is O=CS[C@H]1CCOC1=O. The van der Waals surface area contributed by atoms with Crippen LogP contribution in [0.15, 0.2) is 0 Å². The lowest BCUT2D eigenvalue weighted by molar-refractivity contribution is -0.137. The molecule has 0 spiro atoms. The van der Waals surface area contributed by atoms with Crippen LogP contribution in [-0.4, -0.2) is 23.4 Å². The molecule has 0 amide bonds. The number of hydrogen-bond acceptors (Lipinski definition) is 4. The Morgan fingerprint density at radius 3 is 3.00 bits per heavy atom. The van der Waals surface area contributed by atoms with Gasteiger partial charge in [0.05, 0.1) is 6.61 Å². The van der Waals surface area contributed by atoms with E-state index in [0.29, 0.717) is 18.6 Å². The third-order valence-corrected chi connectivity index (χ3v) is 1.97. The van der Waals surface area contributed by atoms with Crippen LogP contribution in [-0.2, 0) is 14.3 Å². The van der Waals surface area contributed by atoms with Gasteiger partial charge < -0.3 is 4.74 Å². The van der Waals surface area contributed by atoms with Gasteiger partial charge in [0.25, 0.3) is 0 Å². The fourth-order valence-corrected chi connectivity index (χ4v) is 1.21. The van der Waals surface area contributed by atoms with Crippen LogP contribution in [0.4, 0.5) is 0 Å². The molecule has 3 nitrogen and oxygen atoms in total. The van der Waals surface area contributed by atoms with Gasteiger partial charge in [0.1, 0.15) is 5.25 Å². The van der Waals surface area contributed by atoms with E-state index in [-0.39, 0.29) is 11.2 Å². The first kappa shape index (κ1) is 6.61. The molecule has 0 saturated carbocycles. The third-order valence-electron chi connectivity index (χ3n) is 1.11. The highest BCUT2D eigenvalue weighted by atomic mass is 32.2. The second kappa shape index (κ2) is 2.87. The van der Waals surface area contributed by atoms with Crippen molar-refractivity contribution < 1.29 is 14.3 Å². The number of esters is 1. The summed E-state index contributed by atoms with van der Waals surface area (Å²) in [4.78, 5) is 20.4. The number of ether oxygens (including phenoxy) is 1. The molecule has 1 rings (SSSR count). The molecule has 0 aliphatic carbocycles.